The topological polar surface area (TPSA) is 152 Å². The molecule has 0 spiro atoms. The normalized spacial score (nSPS) is 13.7. The van der Waals surface area contributed by atoms with Crippen molar-refractivity contribution in [2.75, 3.05) is 19.7 Å². The Morgan fingerprint density at radius 2 is 1.37 bits per heavy atom. The van der Waals surface area contributed by atoms with Crippen molar-refractivity contribution in [3.05, 3.63) is 0 Å². The highest BCUT2D eigenvalue weighted by Gasteiger charge is 2.19. The lowest BCUT2D eigenvalue weighted by Gasteiger charge is -2.22. The summed E-state index contributed by atoms with van der Waals surface area (Å²) in [6, 6.07) is -1.14. The van der Waals surface area contributed by atoms with Crippen LogP contribution in [0.2, 0.25) is 0 Å². The second-order valence-electron chi connectivity index (χ2n) is 9.14. The Morgan fingerprint density at radius 1 is 0.867 bits per heavy atom. The van der Waals surface area contributed by atoms with Crippen LogP contribution in [0.4, 0.5) is 9.59 Å². The van der Waals surface area contributed by atoms with Crippen molar-refractivity contribution < 1.29 is 29.0 Å². The van der Waals surface area contributed by atoms with Crippen molar-refractivity contribution in [3.8, 4) is 0 Å². The molecule has 6 N–H and O–H groups in total. The van der Waals surface area contributed by atoms with E-state index < -0.39 is 35.5 Å². The molecule has 0 unspecified atom stereocenters. The van der Waals surface area contributed by atoms with Gasteiger partial charge >= 0.3 is 12.2 Å². The van der Waals surface area contributed by atoms with Gasteiger partial charge < -0.3 is 36.3 Å². The van der Waals surface area contributed by atoms with Gasteiger partial charge in [0.15, 0.2) is 0 Å². The highest BCUT2D eigenvalue weighted by Crippen LogP contribution is 2.08. The number of hydrogen-bond acceptors (Lipinski definition) is 7. The van der Waals surface area contributed by atoms with Gasteiger partial charge in [0.2, 0.25) is 5.91 Å². The third-order valence-electron chi connectivity index (χ3n) is 3.67. The summed E-state index contributed by atoms with van der Waals surface area (Å²) in [7, 11) is 0. The van der Waals surface area contributed by atoms with Crippen molar-refractivity contribution in [3.63, 3.8) is 0 Å². The molecule has 0 rings (SSSR count). The van der Waals surface area contributed by atoms with Crippen molar-refractivity contribution >= 4 is 18.1 Å². The fraction of sp³-hybridized carbons (Fsp3) is 0.850. The number of rotatable bonds is 11. The van der Waals surface area contributed by atoms with Crippen LogP contribution in [0.5, 0.6) is 0 Å². The van der Waals surface area contributed by atoms with Crippen LogP contribution in [0, 0.1) is 0 Å². The predicted molar refractivity (Wildman–Crippen MR) is 114 cm³/mol. The van der Waals surface area contributed by atoms with Gasteiger partial charge in [-0.05, 0) is 67.2 Å². The first-order valence-electron chi connectivity index (χ1n) is 10.3. The van der Waals surface area contributed by atoms with Crippen LogP contribution >= 0.6 is 0 Å². The third kappa shape index (κ3) is 15.8. The summed E-state index contributed by atoms with van der Waals surface area (Å²) < 4.78 is 10.3. The molecule has 0 fully saturated rings. The molecule has 0 saturated carbocycles. The maximum absolute atomic E-state index is 12.0. The zero-order valence-corrected chi connectivity index (χ0v) is 19.2. The standard InChI is InChI=1S/C20H40N4O6/c1-19(2,3)29-17(27)23-12-8-10-15(21)16(26)22-11-7-9-14(13-25)24-18(28)30-20(4,5)6/h14-15,25H,7-13,21H2,1-6H3,(H,22,26)(H,23,27)(H,24,28)/t14-,15-/m0/s1. The van der Waals surface area contributed by atoms with Crippen LogP contribution in [0.15, 0.2) is 0 Å². The largest absolute Gasteiger partial charge is 0.444 e. The van der Waals surface area contributed by atoms with Gasteiger partial charge in [-0.25, -0.2) is 9.59 Å². The summed E-state index contributed by atoms with van der Waals surface area (Å²) in [6.07, 6.45) is 0.901. The van der Waals surface area contributed by atoms with Gasteiger partial charge in [-0.1, -0.05) is 0 Å². The van der Waals surface area contributed by atoms with E-state index in [2.05, 4.69) is 16.0 Å². The van der Waals surface area contributed by atoms with Crippen molar-refractivity contribution in [2.45, 2.75) is 90.5 Å². The van der Waals surface area contributed by atoms with E-state index in [1.807, 2.05) is 0 Å². The van der Waals surface area contributed by atoms with Crippen molar-refractivity contribution in [1.29, 1.82) is 0 Å². The van der Waals surface area contributed by atoms with Crippen LogP contribution in [0.1, 0.15) is 67.2 Å². The van der Waals surface area contributed by atoms with Gasteiger partial charge in [-0.3, -0.25) is 4.79 Å². The van der Waals surface area contributed by atoms with Crippen LogP contribution in [-0.4, -0.2) is 66.2 Å². The fourth-order valence-electron chi connectivity index (χ4n) is 2.33. The molecule has 10 nitrogen and oxygen atoms in total. The molecule has 0 heterocycles. The van der Waals surface area contributed by atoms with Crippen molar-refractivity contribution in [1.82, 2.24) is 16.0 Å². The van der Waals surface area contributed by atoms with Gasteiger partial charge in [0.05, 0.1) is 18.7 Å². The number of carbonyl (C=O) groups is 3. The molecular formula is C20H40N4O6. The number of aliphatic hydroxyl groups is 1. The predicted octanol–water partition coefficient (Wildman–Crippen LogP) is 1.40. The summed E-state index contributed by atoms with van der Waals surface area (Å²) in [5.41, 5.74) is 4.69. The number of nitrogens with one attached hydrogen (secondary N) is 3. The number of hydrogen-bond donors (Lipinski definition) is 5. The minimum absolute atomic E-state index is 0.225. The van der Waals surface area contributed by atoms with Crippen LogP contribution < -0.4 is 21.7 Å². The molecule has 0 radical (unpaired) electrons. The van der Waals surface area contributed by atoms with E-state index in [9.17, 15) is 19.5 Å². The average Bonchev–Trinajstić information content (AvgIpc) is 2.57. The smallest absolute Gasteiger partial charge is 0.407 e. The van der Waals surface area contributed by atoms with E-state index in [4.69, 9.17) is 15.2 Å². The molecule has 0 aromatic heterocycles. The molecule has 0 aliphatic rings. The Hall–Kier alpha value is -2.07. The first-order valence-corrected chi connectivity index (χ1v) is 10.3. The van der Waals surface area contributed by atoms with E-state index in [0.29, 0.717) is 38.8 Å². The van der Waals surface area contributed by atoms with Gasteiger partial charge in [-0.15, -0.1) is 0 Å². The molecule has 3 amide bonds. The molecule has 2 atom stereocenters. The summed E-state index contributed by atoms with van der Waals surface area (Å²) in [4.78, 5) is 35.3. The Labute approximate surface area is 179 Å². The van der Waals surface area contributed by atoms with Crippen LogP contribution in [0.25, 0.3) is 0 Å². The number of alkyl carbamates (subject to hydrolysis) is 2. The zero-order chi connectivity index (χ0) is 23.4. The Bertz CT molecular complexity index is 542. The first kappa shape index (κ1) is 27.9. The Kier molecular flexibility index (Phi) is 12.4. The number of carbonyl (C=O) groups excluding carboxylic acids is 3. The van der Waals surface area contributed by atoms with Gasteiger partial charge in [0.1, 0.15) is 11.2 Å². The fourth-order valence-corrected chi connectivity index (χ4v) is 2.33. The monoisotopic (exact) mass is 432 g/mol. The molecule has 0 aromatic rings. The molecule has 0 aliphatic carbocycles. The number of nitrogens with two attached hydrogens (primary N) is 1. The van der Waals surface area contributed by atoms with E-state index in [1.165, 1.54) is 0 Å². The lowest BCUT2D eigenvalue weighted by molar-refractivity contribution is -0.122. The molecule has 10 heteroatoms. The number of amides is 3. The van der Waals surface area contributed by atoms with E-state index in [0.717, 1.165) is 0 Å². The molecule has 0 bridgehead atoms. The summed E-state index contributed by atoms with van der Waals surface area (Å²) >= 11 is 0. The highest BCUT2D eigenvalue weighted by molar-refractivity contribution is 5.81. The molecule has 176 valence electrons. The minimum atomic E-state index is -0.682. The van der Waals surface area contributed by atoms with E-state index in [-0.39, 0.29) is 12.5 Å². The van der Waals surface area contributed by atoms with Gasteiger partial charge in [0.25, 0.3) is 0 Å². The quantitative estimate of drug-likeness (QED) is 0.309. The Morgan fingerprint density at radius 3 is 1.90 bits per heavy atom. The minimum Gasteiger partial charge on any atom is -0.444 e. The summed E-state index contributed by atoms with van der Waals surface area (Å²) in [5, 5.41) is 17.3. The molecule has 0 saturated heterocycles. The summed E-state index contributed by atoms with van der Waals surface area (Å²) in [6.45, 7) is 11.1. The van der Waals surface area contributed by atoms with E-state index >= 15 is 0 Å². The van der Waals surface area contributed by atoms with Crippen molar-refractivity contribution in [2.24, 2.45) is 5.73 Å². The lowest BCUT2D eigenvalue weighted by Crippen LogP contribution is -2.43. The molecule has 0 aromatic carbocycles. The zero-order valence-electron chi connectivity index (χ0n) is 19.2. The van der Waals surface area contributed by atoms with E-state index in [1.54, 1.807) is 41.5 Å². The second-order valence-corrected chi connectivity index (χ2v) is 9.14. The number of aliphatic hydroxyl groups excluding tert-OH is 1. The van der Waals surface area contributed by atoms with Gasteiger partial charge in [0, 0.05) is 13.1 Å². The van der Waals surface area contributed by atoms with Crippen LogP contribution in [-0.2, 0) is 14.3 Å². The second kappa shape index (κ2) is 13.3. The maximum Gasteiger partial charge on any atom is 0.407 e. The van der Waals surface area contributed by atoms with Gasteiger partial charge in [-0.2, -0.15) is 0 Å². The summed E-state index contributed by atoms with van der Waals surface area (Å²) in [5.74, 6) is -0.284. The first-order chi connectivity index (χ1) is 13.7. The highest BCUT2D eigenvalue weighted by atomic mass is 16.6. The number of ether oxygens (including phenoxy) is 2. The molecule has 30 heavy (non-hydrogen) atoms. The maximum atomic E-state index is 12.0. The molecule has 0 aliphatic heterocycles. The average molecular weight is 433 g/mol. The Balaban J connectivity index is 3.98. The third-order valence-corrected chi connectivity index (χ3v) is 3.67. The lowest BCUT2D eigenvalue weighted by atomic mass is 10.1. The SMILES string of the molecule is CC(C)(C)OC(=O)NCCC[C@H](N)C(=O)NCCC[C@@H](CO)NC(=O)OC(C)(C)C. The van der Waals surface area contributed by atoms with Crippen LogP contribution in [0.3, 0.4) is 0 Å². The molecular weight excluding hydrogens is 392 g/mol.